The molecule has 0 saturated heterocycles. The lowest BCUT2D eigenvalue weighted by Gasteiger charge is -2.00. The fourth-order valence-corrected chi connectivity index (χ4v) is 1.54. The highest BCUT2D eigenvalue weighted by Gasteiger charge is 2.01. The SMILES string of the molecule is CS(=O)(=O)CCCCNCC(=O)O. The maximum Gasteiger partial charge on any atom is 0.317 e. The second-order valence-electron chi connectivity index (χ2n) is 2.91. The molecule has 0 rings (SSSR count). The van der Waals surface area contributed by atoms with Crippen molar-refractivity contribution in [3.63, 3.8) is 0 Å². The summed E-state index contributed by atoms with van der Waals surface area (Å²) in [7, 11) is -2.87. The summed E-state index contributed by atoms with van der Waals surface area (Å²) in [6.45, 7) is 0.473. The van der Waals surface area contributed by atoms with Crippen LogP contribution in [0.2, 0.25) is 0 Å². The fraction of sp³-hybridized carbons (Fsp3) is 0.857. The third-order valence-electron chi connectivity index (χ3n) is 1.39. The van der Waals surface area contributed by atoms with E-state index in [-0.39, 0.29) is 12.3 Å². The Morgan fingerprint density at radius 2 is 2.00 bits per heavy atom. The van der Waals surface area contributed by atoms with E-state index in [9.17, 15) is 13.2 Å². The van der Waals surface area contributed by atoms with Crippen molar-refractivity contribution in [1.82, 2.24) is 5.32 Å². The first-order valence-corrected chi connectivity index (χ1v) is 6.08. The molecule has 0 unspecified atom stereocenters. The van der Waals surface area contributed by atoms with E-state index in [1.54, 1.807) is 0 Å². The number of hydrogen-bond donors (Lipinski definition) is 2. The van der Waals surface area contributed by atoms with E-state index in [1.165, 1.54) is 6.26 Å². The van der Waals surface area contributed by atoms with Gasteiger partial charge in [-0.15, -0.1) is 0 Å². The lowest BCUT2D eigenvalue weighted by Crippen LogP contribution is -2.23. The monoisotopic (exact) mass is 209 g/mol. The number of carboxylic acids is 1. The first-order chi connectivity index (χ1) is 5.92. The second-order valence-corrected chi connectivity index (χ2v) is 5.17. The molecule has 13 heavy (non-hydrogen) atoms. The van der Waals surface area contributed by atoms with Gasteiger partial charge in [0.2, 0.25) is 0 Å². The molecule has 0 aliphatic rings. The van der Waals surface area contributed by atoms with Crippen LogP contribution in [0.1, 0.15) is 12.8 Å². The number of aliphatic carboxylic acids is 1. The summed E-state index contributed by atoms with van der Waals surface area (Å²) in [5, 5.41) is 10.9. The Balaban J connectivity index is 3.23. The van der Waals surface area contributed by atoms with Crippen molar-refractivity contribution in [3.8, 4) is 0 Å². The van der Waals surface area contributed by atoms with E-state index >= 15 is 0 Å². The van der Waals surface area contributed by atoms with Crippen molar-refractivity contribution < 1.29 is 18.3 Å². The average molecular weight is 209 g/mol. The molecule has 0 saturated carbocycles. The van der Waals surface area contributed by atoms with Crippen LogP contribution in [0.15, 0.2) is 0 Å². The molecular weight excluding hydrogens is 194 g/mol. The van der Waals surface area contributed by atoms with Gasteiger partial charge in [-0.2, -0.15) is 0 Å². The quantitative estimate of drug-likeness (QED) is 0.551. The van der Waals surface area contributed by atoms with Crippen LogP contribution in [0.4, 0.5) is 0 Å². The lowest BCUT2D eigenvalue weighted by molar-refractivity contribution is -0.135. The van der Waals surface area contributed by atoms with Crippen LogP contribution < -0.4 is 5.32 Å². The average Bonchev–Trinajstić information content (AvgIpc) is 1.93. The molecule has 0 spiro atoms. The van der Waals surface area contributed by atoms with Gasteiger partial charge in [0.05, 0.1) is 6.54 Å². The molecule has 0 aromatic rings. The van der Waals surface area contributed by atoms with E-state index in [1.807, 2.05) is 0 Å². The Labute approximate surface area is 78.1 Å². The maximum absolute atomic E-state index is 10.7. The van der Waals surface area contributed by atoms with Gasteiger partial charge in [-0.05, 0) is 19.4 Å². The molecule has 0 aromatic carbocycles. The zero-order valence-corrected chi connectivity index (χ0v) is 8.43. The van der Waals surface area contributed by atoms with E-state index in [0.29, 0.717) is 19.4 Å². The molecule has 0 radical (unpaired) electrons. The van der Waals surface area contributed by atoms with E-state index < -0.39 is 15.8 Å². The smallest absolute Gasteiger partial charge is 0.317 e. The summed E-state index contributed by atoms with van der Waals surface area (Å²) in [5.41, 5.74) is 0. The van der Waals surface area contributed by atoms with Gasteiger partial charge in [-0.1, -0.05) is 0 Å². The summed E-state index contributed by atoms with van der Waals surface area (Å²) < 4.78 is 21.3. The summed E-state index contributed by atoms with van der Waals surface area (Å²) >= 11 is 0. The molecular formula is C7H15NO4S. The number of sulfone groups is 1. The third-order valence-corrected chi connectivity index (χ3v) is 2.43. The molecule has 78 valence electrons. The van der Waals surface area contributed by atoms with Gasteiger partial charge < -0.3 is 10.4 Å². The van der Waals surface area contributed by atoms with Gasteiger partial charge in [0, 0.05) is 12.0 Å². The molecule has 0 fully saturated rings. The number of carboxylic acid groups (broad SMARTS) is 1. The highest BCUT2D eigenvalue weighted by atomic mass is 32.2. The Bertz CT molecular complexity index is 247. The first-order valence-electron chi connectivity index (χ1n) is 4.02. The van der Waals surface area contributed by atoms with Crippen LogP contribution in [-0.4, -0.2) is 44.6 Å². The highest BCUT2D eigenvalue weighted by molar-refractivity contribution is 7.90. The predicted octanol–water partition coefficient (Wildman–Crippen LogP) is -0.515. The largest absolute Gasteiger partial charge is 0.480 e. The van der Waals surface area contributed by atoms with Crippen molar-refractivity contribution in [2.75, 3.05) is 25.1 Å². The van der Waals surface area contributed by atoms with Crippen LogP contribution in [0.5, 0.6) is 0 Å². The minimum absolute atomic E-state index is 0.0706. The first kappa shape index (κ1) is 12.4. The Kier molecular flexibility index (Phi) is 5.65. The molecule has 0 heterocycles. The number of hydrogen-bond acceptors (Lipinski definition) is 4. The molecule has 0 atom stereocenters. The van der Waals surface area contributed by atoms with Crippen LogP contribution in [0, 0.1) is 0 Å². The number of nitrogens with one attached hydrogen (secondary N) is 1. The van der Waals surface area contributed by atoms with E-state index in [2.05, 4.69) is 5.32 Å². The van der Waals surface area contributed by atoms with Crippen molar-refractivity contribution >= 4 is 15.8 Å². The molecule has 2 N–H and O–H groups in total. The van der Waals surface area contributed by atoms with Gasteiger partial charge in [0.15, 0.2) is 0 Å². The minimum Gasteiger partial charge on any atom is -0.480 e. The van der Waals surface area contributed by atoms with Crippen molar-refractivity contribution in [3.05, 3.63) is 0 Å². The highest BCUT2D eigenvalue weighted by Crippen LogP contribution is 1.92. The Morgan fingerprint density at radius 3 is 2.46 bits per heavy atom. The predicted molar refractivity (Wildman–Crippen MR) is 49.5 cm³/mol. The molecule has 0 aliphatic carbocycles. The van der Waals surface area contributed by atoms with Crippen LogP contribution in [0.25, 0.3) is 0 Å². The number of unbranched alkanes of at least 4 members (excludes halogenated alkanes) is 1. The molecule has 0 bridgehead atoms. The molecule has 6 heteroatoms. The summed E-state index contributed by atoms with van der Waals surface area (Å²) in [6.07, 6.45) is 2.45. The molecule has 0 aliphatic heterocycles. The number of carbonyl (C=O) groups is 1. The van der Waals surface area contributed by atoms with Gasteiger partial charge in [-0.25, -0.2) is 8.42 Å². The fourth-order valence-electron chi connectivity index (χ4n) is 0.810. The summed E-state index contributed by atoms with van der Waals surface area (Å²) in [6, 6.07) is 0. The molecule has 0 amide bonds. The standard InChI is InChI=1S/C7H15NO4S/c1-13(11,12)5-3-2-4-8-6-7(9)10/h8H,2-6H2,1H3,(H,9,10). The van der Waals surface area contributed by atoms with E-state index in [4.69, 9.17) is 5.11 Å². The van der Waals surface area contributed by atoms with Crippen molar-refractivity contribution in [1.29, 1.82) is 0 Å². The van der Waals surface area contributed by atoms with Gasteiger partial charge in [0.1, 0.15) is 9.84 Å². The van der Waals surface area contributed by atoms with Crippen LogP contribution in [0.3, 0.4) is 0 Å². The van der Waals surface area contributed by atoms with Gasteiger partial charge >= 0.3 is 5.97 Å². The Morgan fingerprint density at radius 1 is 1.38 bits per heavy atom. The topological polar surface area (TPSA) is 83.5 Å². The minimum atomic E-state index is -2.87. The molecule has 0 aromatic heterocycles. The zero-order valence-electron chi connectivity index (χ0n) is 7.62. The van der Waals surface area contributed by atoms with Crippen molar-refractivity contribution in [2.45, 2.75) is 12.8 Å². The van der Waals surface area contributed by atoms with Gasteiger partial charge in [-0.3, -0.25) is 4.79 Å². The normalized spacial score (nSPS) is 11.5. The van der Waals surface area contributed by atoms with Crippen LogP contribution >= 0.6 is 0 Å². The van der Waals surface area contributed by atoms with Crippen molar-refractivity contribution in [2.24, 2.45) is 0 Å². The Hall–Kier alpha value is -0.620. The zero-order chi connectivity index (χ0) is 10.3. The molecule has 5 nitrogen and oxygen atoms in total. The van der Waals surface area contributed by atoms with Gasteiger partial charge in [0.25, 0.3) is 0 Å². The van der Waals surface area contributed by atoms with E-state index in [0.717, 1.165) is 0 Å². The lowest BCUT2D eigenvalue weighted by atomic mass is 10.3. The third kappa shape index (κ3) is 11.4. The second kappa shape index (κ2) is 5.93. The van der Waals surface area contributed by atoms with Crippen LogP contribution in [-0.2, 0) is 14.6 Å². The maximum atomic E-state index is 10.7. The summed E-state index contributed by atoms with van der Waals surface area (Å²) in [4.78, 5) is 10.0. The summed E-state index contributed by atoms with van der Waals surface area (Å²) in [5.74, 6) is -0.731. The number of rotatable bonds is 7.